The minimum absolute atomic E-state index is 0.000460. The summed E-state index contributed by atoms with van der Waals surface area (Å²) in [7, 11) is -3.95. The van der Waals surface area contributed by atoms with E-state index in [1.165, 1.54) is 4.52 Å². The zero-order valence-corrected chi connectivity index (χ0v) is 19.4. The van der Waals surface area contributed by atoms with Gasteiger partial charge in [0, 0.05) is 0 Å². The van der Waals surface area contributed by atoms with Gasteiger partial charge in [0.2, 0.25) is 0 Å². The fourth-order valence-corrected chi connectivity index (χ4v) is 4.64. The van der Waals surface area contributed by atoms with Gasteiger partial charge in [0.25, 0.3) is 21.7 Å². The van der Waals surface area contributed by atoms with Crippen LogP contribution in [-0.4, -0.2) is 41.2 Å². The molecule has 10 heteroatoms. The standard InChI is InChI=1S/C22H22ClN5O3S/c1-15-9-11-19(12-10-15)32(29,30)27(13-14-31-18-7-5-4-6-8-18)22-25-21-24-16(2)20(23)17(3)28(21)26-22/h4-12H,13-14H2,1-3H3. The number of hydrogen-bond acceptors (Lipinski definition) is 6. The highest BCUT2D eigenvalue weighted by Crippen LogP contribution is 2.24. The summed E-state index contributed by atoms with van der Waals surface area (Å²) >= 11 is 6.29. The molecule has 32 heavy (non-hydrogen) atoms. The molecule has 4 aromatic rings. The van der Waals surface area contributed by atoms with Crippen LogP contribution in [0.25, 0.3) is 5.78 Å². The van der Waals surface area contributed by atoms with Gasteiger partial charge in [0.1, 0.15) is 12.4 Å². The monoisotopic (exact) mass is 471 g/mol. The molecule has 0 aliphatic rings. The molecule has 0 saturated heterocycles. The summed E-state index contributed by atoms with van der Waals surface area (Å²) in [6, 6.07) is 15.8. The summed E-state index contributed by atoms with van der Waals surface area (Å²) < 4.78 is 35.4. The van der Waals surface area contributed by atoms with Crippen molar-refractivity contribution in [3.8, 4) is 5.75 Å². The molecule has 0 aliphatic carbocycles. The average molecular weight is 472 g/mol. The van der Waals surface area contributed by atoms with Crippen LogP contribution in [-0.2, 0) is 10.0 Å². The smallest absolute Gasteiger partial charge is 0.266 e. The first-order valence-corrected chi connectivity index (χ1v) is 11.8. The van der Waals surface area contributed by atoms with Crippen molar-refractivity contribution in [3.05, 3.63) is 76.6 Å². The van der Waals surface area contributed by atoms with E-state index in [-0.39, 0.29) is 29.8 Å². The number of hydrogen-bond donors (Lipinski definition) is 0. The highest BCUT2D eigenvalue weighted by Gasteiger charge is 2.29. The summed E-state index contributed by atoms with van der Waals surface area (Å²) in [5, 5.41) is 4.85. The van der Waals surface area contributed by atoms with Crippen molar-refractivity contribution in [1.29, 1.82) is 0 Å². The van der Waals surface area contributed by atoms with Gasteiger partial charge in [-0.05, 0) is 45.0 Å². The number of halogens is 1. The van der Waals surface area contributed by atoms with Crippen LogP contribution in [0.5, 0.6) is 5.75 Å². The largest absolute Gasteiger partial charge is 0.492 e. The Balaban J connectivity index is 1.74. The summed E-state index contributed by atoms with van der Waals surface area (Å²) in [4.78, 5) is 8.86. The molecule has 2 heterocycles. The van der Waals surface area contributed by atoms with Gasteiger partial charge in [-0.3, -0.25) is 0 Å². The van der Waals surface area contributed by atoms with Crippen LogP contribution >= 0.6 is 11.6 Å². The molecule has 0 aliphatic heterocycles. The van der Waals surface area contributed by atoms with E-state index < -0.39 is 10.0 Å². The lowest BCUT2D eigenvalue weighted by Crippen LogP contribution is -2.35. The molecule has 0 radical (unpaired) electrons. The van der Waals surface area contributed by atoms with Gasteiger partial charge in [-0.25, -0.2) is 17.7 Å². The zero-order chi connectivity index (χ0) is 22.9. The van der Waals surface area contributed by atoms with Gasteiger partial charge >= 0.3 is 0 Å². The Morgan fingerprint density at radius 1 is 1.00 bits per heavy atom. The van der Waals surface area contributed by atoms with Crippen LogP contribution in [0.4, 0.5) is 5.95 Å². The second-order valence-electron chi connectivity index (χ2n) is 7.27. The number of aryl methyl sites for hydroxylation is 3. The molecule has 0 bridgehead atoms. The Bertz CT molecular complexity index is 1360. The molecule has 4 rings (SSSR count). The number of anilines is 1. The number of para-hydroxylation sites is 1. The number of fused-ring (bicyclic) bond motifs is 1. The quantitative estimate of drug-likeness (QED) is 0.405. The molecule has 0 atom stereocenters. The third-order valence-corrected chi connectivity index (χ3v) is 7.28. The topological polar surface area (TPSA) is 89.7 Å². The van der Waals surface area contributed by atoms with Crippen LogP contribution in [0, 0.1) is 20.8 Å². The van der Waals surface area contributed by atoms with E-state index in [0.717, 1.165) is 9.87 Å². The first kappa shape index (κ1) is 22.0. The number of aromatic nitrogens is 4. The molecule has 0 N–H and O–H groups in total. The van der Waals surface area contributed by atoms with E-state index in [1.54, 1.807) is 50.2 Å². The van der Waals surface area contributed by atoms with Gasteiger partial charge in [0.15, 0.2) is 0 Å². The highest BCUT2D eigenvalue weighted by molar-refractivity contribution is 7.92. The third kappa shape index (κ3) is 4.26. The van der Waals surface area contributed by atoms with Crippen molar-refractivity contribution in [2.24, 2.45) is 0 Å². The van der Waals surface area contributed by atoms with Crippen molar-refractivity contribution in [2.75, 3.05) is 17.5 Å². The lowest BCUT2D eigenvalue weighted by atomic mass is 10.2. The predicted octanol–water partition coefficient (Wildman–Crippen LogP) is 3.98. The second kappa shape index (κ2) is 8.76. The maximum Gasteiger partial charge on any atom is 0.266 e. The van der Waals surface area contributed by atoms with E-state index in [2.05, 4.69) is 15.1 Å². The van der Waals surface area contributed by atoms with E-state index in [9.17, 15) is 8.42 Å². The van der Waals surface area contributed by atoms with Crippen molar-refractivity contribution >= 4 is 33.4 Å². The van der Waals surface area contributed by atoms with Crippen LogP contribution < -0.4 is 9.04 Å². The second-order valence-corrected chi connectivity index (χ2v) is 9.51. The van der Waals surface area contributed by atoms with Crippen molar-refractivity contribution in [2.45, 2.75) is 25.7 Å². The van der Waals surface area contributed by atoms with Crippen LogP contribution in [0.3, 0.4) is 0 Å². The fraction of sp³-hybridized carbons (Fsp3) is 0.227. The Kier molecular flexibility index (Phi) is 6.03. The highest BCUT2D eigenvalue weighted by atomic mass is 35.5. The molecule has 0 amide bonds. The van der Waals surface area contributed by atoms with Gasteiger partial charge in [-0.15, -0.1) is 5.10 Å². The molecular weight excluding hydrogens is 450 g/mol. The number of ether oxygens (including phenoxy) is 1. The van der Waals surface area contributed by atoms with Gasteiger partial charge in [-0.2, -0.15) is 9.50 Å². The lowest BCUT2D eigenvalue weighted by Gasteiger charge is -2.21. The van der Waals surface area contributed by atoms with Crippen molar-refractivity contribution in [3.63, 3.8) is 0 Å². The maximum absolute atomic E-state index is 13.5. The molecule has 166 valence electrons. The first-order valence-electron chi connectivity index (χ1n) is 9.94. The predicted molar refractivity (Wildman–Crippen MR) is 123 cm³/mol. The molecule has 8 nitrogen and oxygen atoms in total. The van der Waals surface area contributed by atoms with Crippen LogP contribution in [0.1, 0.15) is 17.0 Å². The molecule has 2 aromatic heterocycles. The average Bonchev–Trinajstić information content (AvgIpc) is 3.19. The van der Waals surface area contributed by atoms with Crippen LogP contribution in [0.2, 0.25) is 5.02 Å². The SMILES string of the molecule is Cc1ccc(S(=O)(=O)N(CCOc2ccccc2)c2nc3nc(C)c(Cl)c(C)n3n2)cc1. The molecule has 0 fully saturated rings. The minimum atomic E-state index is -3.95. The first-order chi connectivity index (χ1) is 15.3. The van der Waals surface area contributed by atoms with Gasteiger partial charge < -0.3 is 4.74 Å². The summed E-state index contributed by atoms with van der Waals surface area (Å²) in [6.07, 6.45) is 0. The molecular formula is C22H22ClN5O3S. The summed E-state index contributed by atoms with van der Waals surface area (Å²) in [5.74, 6) is 0.912. The van der Waals surface area contributed by atoms with Gasteiger partial charge in [-0.1, -0.05) is 47.5 Å². The van der Waals surface area contributed by atoms with Crippen LogP contribution in [0.15, 0.2) is 59.5 Å². The molecule has 0 unspecified atom stereocenters. The normalized spacial score (nSPS) is 11.6. The minimum Gasteiger partial charge on any atom is -0.492 e. The number of benzene rings is 2. The van der Waals surface area contributed by atoms with E-state index in [0.29, 0.717) is 22.2 Å². The molecule has 2 aromatic carbocycles. The Morgan fingerprint density at radius 3 is 2.38 bits per heavy atom. The molecule has 0 spiro atoms. The van der Waals surface area contributed by atoms with E-state index >= 15 is 0 Å². The third-order valence-electron chi connectivity index (χ3n) is 4.94. The van der Waals surface area contributed by atoms with Gasteiger partial charge in [0.05, 0.1) is 27.9 Å². The Hall–Kier alpha value is -3.17. The maximum atomic E-state index is 13.5. The Morgan fingerprint density at radius 2 is 1.69 bits per heavy atom. The fourth-order valence-electron chi connectivity index (χ4n) is 3.18. The molecule has 0 saturated carbocycles. The van der Waals surface area contributed by atoms with E-state index in [1.807, 2.05) is 25.1 Å². The van der Waals surface area contributed by atoms with Crippen molar-refractivity contribution < 1.29 is 13.2 Å². The van der Waals surface area contributed by atoms with Crippen molar-refractivity contribution in [1.82, 2.24) is 19.6 Å². The Labute approximate surface area is 191 Å². The zero-order valence-electron chi connectivity index (χ0n) is 17.9. The lowest BCUT2D eigenvalue weighted by molar-refractivity contribution is 0.328. The number of nitrogens with zero attached hydrogens (tertiary/aromatic N) is 5. The summed E-state index contributed by atoms with van der Waals surface area (Å²) in [6.45, 7) is 5.55. The van der Waals surface area contributed by atoms with E-state index in [4.69, 9.17) is 16.3 Å². The number of sulfonamides is 1. The number of rotatable bonds is 7. The summed E-state index contributed by atoms with van der Waals surface area (Å²) in [5.41, 5.74) is 2.18.